The fourth-order valence-corrected chi connectivity index (χ4v) is 4.94. The zero-order valence-corrected chi connectivity index (χ0v) is 25.2. The van der Waals surface area contributed by atoms with Crippen molar-refractivity contribution in [3.8, 4) is 5.69 Å². The van der Waals surface area contributed by atoms with E-state index in [0.29, 0.717) is 0 Å². The molecule has 2 saturated heterocycles. The van der Waals surface area contributed by atoms with Gasteiger partial charge in [-0.1, -0.05) is 15.9 Å². The van der Waals surface area contributed by atoms with E-state index in [2.05, 4.69) is 77.1 Å². The lowest BCUT2D eigenvalue weighted by Gasteiger charge is -2.35. The van der Waals surface area contributed by atoms with Crippen molar-refractivity contribution in [1.82, 2.24) is 29.3 Å². The van der Waals surface area contributed by atoms with E-state index in [1.165, 1.54) is 11.4 Å². The second kappa shape index (κ2) is 15.0. The Balaban J connectivity index is 0.000000164. The number of amides is 2. The Bertz CT molecular complexity index is 1290. The lowest BCUT2D eigenvalue weighted by Crippen LogP contribution is -2.48. The lowest BCUT2D eigenvalue weighted by molar-refractivity contribution is -0.129. The van der Waals surface area contributed by atoms with Crippen LogP contribution >= 0.6 is 15.9 Å². The van der Waals surface area contributed by atoms with Crippen LogP contribution in [0.1, 0.15) is 13.8 Å². The average molecular weight is 622 g/mol. The average Bonchev–Trinajstić information content (AvgIpc) is 3.76. The number of aromatic amines is 1. The Morgan fingerprint density at radius 2 is 1.17 bits per heavy atom. The van der Waals surface area contributed by atoms with Gasteiger partial charge in [0, 0.05) is 113 Å². The number of piperazine rings is 2. The summed E-state index contributed by atoms with van der Waals surface area (Å²) >= 11 is 3.43. The Kier molecular flexibility index (Phi) is 10.9. The highest BCUT2D eigenvalue weighted by atomic mass is 79.9. The summed E-state index contributed by atoms with van der Waals surface area (Å²) in [5.41, 5.74) is 3.54. The zero-order chi connectivity index (χ0) is 29.0. The summed E-state index contributed by atoms with van der Waals surface area (Å²) in [4.78, 5) is 41.4. The van der Waals surface area contributed by atoms with Gasteiger partial charge in [0.25, 0.3) is 0 Å². The third kappa shape index (κ3) is 8.94. The Morgan fingerprint density at radius 1 is 0.683 bits per heavy atom. The summed E-state index contributed by atoms with van der Waals surface area (Å²) in [5.74, 6) is 0.343. The first-order valence-electron chi connectivity index (χ1n) is 13.7. The summed E-state index contributed by atoms with van der Waals surface area (Å²) in [6.45, 7) is 10.1. The summed E-state index contributed by atoms with van der Waals surface area (Å²) in [6, 6.07) is 16.7. The van der Waals surface area contributed by atoms with Crippen LogP contribution in [-0.4, -0.2) is 93.5 Å². The summed E-state index contributed by atoms with van der Waals surface area (Å²) in [5, 5.41) is 0. The van der Waals surface area contributed by atoms with E-state index >= 15 is 0 Å². The fourth-order valence-electron chi connectivity index (χ4n) is 4.67. The smallest absolute Gasteiger partial charge is 0.219 e. The van der Waals surface area contributed by atoms with Crippen LogP contribution in [0.2, 0.25) is 0 Å². The second-order valence-electron chi connectivity index (χ2n) is 9.71. The molecule has 4 heterocycles. The van der Waals surface area contributed by atoms with Crippen LogP contribution in [0.3, 0.4) is 0 Å². The molecule has 0 unspecified atom stereocenters. The molecule has 2 aliphatic rings. The van der Waals surface area contributed by atoms with Crippen LogP contribution in [0, 0.1) is 0 Å². The molecular formula is C30H37BrN8O2. The van der Waals surface area contributed by atoms with Crippen molar-refractivity contribution in [3.63, 3.8) is 0 Å². The molecule has 0 bridgehead atoms. The lowest BCUT2D eigenvalue weighted by atomic mass is 10.2. The van der Waals surface area contributed by atoms with Crippen molar-refractivity contribution in [2.45, 2.75) is 13.8 Å². The monoisotopic (exact) mass is 620 g/mol. The highest BCUT2D eigenvalue weighted by molar-refractivity contribution is 9.10. The molecule has 2 aliphatic heterocycles. The van der Waals surface area contributed by atoms with Gasteiger partial charge in [0.1, 0.15) is 0 Å². The normalized spacial score (nSPS) is 14.9. The maximum atomic E-state index is 11.3. The first-order chi connectivity index (χ1) is 19.9. The van der Waals surface area contributed by atoms with Gasteiger partial charge in [0.2, 0.25) is 11.8 Å². The van der Waals surface area contributed by atoms with Crippen LogP contribution in [0.4, 0.5) is 11.4 Å². The number of carbonyl (C=O) groups is 2. The molecule has 0 aliphatic carbocycles. The van der Waals surface area contributed by atoms with Gasteiger partial charge in [0.05, 0.1) is 12.7 Å². The minimum Gasteiger partial charge on any atom is -0.368 e. The molecule has 2 fully saturated rings. The molecule has 216 valence electrons. The molecule has 0 spiro atoms. The second-order valence-corrected chi connectivity index (χ2v) is 10.6. The molecule has 11 heteroatoms. The first-order valence-corrected chi connectivity index (χ1v) is 14.5. The number of carbonyl (C=O) groups excluding carboxylic acids is 2. The Morgan fingerprint density at radius 3 is 1.54 bits per heavy atom. The number of nitrogens with one attached hydrogen (secondary N) is 1. The number of halogens is 1. The SMILES string of the molecule is CC(=O)N1CCN(c2ccc(-n3ccnc3)cc2)CC1.CC(=O)N1CCN(c2ccc(Br)cc2)CC1.c1c[nH]cn1. The van der Waals surface area contributed by atoms with Crippen molar-refractivity contribution in [3.05, 3.63) is 90.4 Å². The van der Waals surface area contributed by atoms with Gasteiger partial charge >= 0.3 is 0 Å². The van der Waals surface area contributed by atoms with Gasteiger partial charge in [-0.25, -0.2) is 9.97 Å². The summed E-state index contributed by atoms with van der Waals surface area (Å²) in [6.07, 6.45) is 10.6. The predicted octanol–water partition coefficient (Wildman–Crippen LogP) is 4.07. The maximum Gasteiger partial charge on any atom is 0.219 e. The largest absolute Gasteiger partial charge is 0.368 e. The van der Waals surface area contributed by atoms with E-state index in [1.807, 2.05) is 32.7 Å². The summed E-state index contributed by atoms with van der Waals surface area (Å²) < 4.78 is 3.08. The molecule has 41 heavy (non-hydrogen) atoms. The van der Waals surface area contributed by atoms with Crippen LogP contribution in [0.25, 0.3) is 5.69 Å². The van der Waals surface area contributed by atoms with Crippen LogP contribution < -0.4 is 9.80 Å². The number of rotatable bonds is 3. The van der Waals surface area contributed by atoms with Gasteiger partial charge in [-0.2, -0.15) is 0 Å². The molecule has 6 rings (SSSR count). The topological polar surface area (TPSA) is 93.6 Å². The predicted molar refractivity (Wildman–Crippen MR) is 165 cm³/mol. The van der Waals surface area contributed by atoms with E-state index in [0.717, 1.165) is 62.5 Å². The van der Waals surface area contributed by atoms with E-state index in [4.69, 9.17) is 0 Å². The van der Waals surface area contributed by atoms with Crippen molar-refractivity contribution >= 4 is 39.1 Å². The van der Waals surface area contributed by atoms with E-state index in [9.17, 15) is 9.59 Å². The molecule has 10 nitrogen and oxygen atoms in total. The van der Waals surface area contributed by atoms with Crippen molar-refractivity contribution in [2.24, 2.45) is 0 Å². The minimum atomic E-state index is 0.167. The molecule has 2 aromatic heterocycles. The van der Waals surface area contributed by atoms with Gasteiger partial charge < -0.3 is 29.2 Å². The number of anilines is 2. The third-order valence-corrected chi connectivity index (χ3v) is 7.59. The van der Waals surface area contributed by atoms with Crippen molar-refractivity contribution < 1.29 is 9.59 Å². The number of nitrogens with zero attached hydrogens (tertiary/aromatic N) is 7. The number of hydrogen-bond acceptors (Lipinski definition) is 6. The molecule has 2 aromatic carbocycles. The van der Waals surface area contributed by atoms with E-state index in [-0.39, 0.29) is 11.8 Å². The van der Waals surface area contributed by atoms with Crippen LogP contribution in [-0.2, 0) is 9.59 Å². The molecule has 0 atom stereocenters. The summed E-state index contributed by atoms with van der Waals surface area (Å²) in [7, 11) is 0. The molecule has 0 saturated carbocycles. The Labute approximate surface area is 249 Å². The molecule has 2 amide bonds. The van der Waals surface area contributed by atoms with Gasteiger partial charge in [-0.15, -0.1) is 0 Å². The fraction of sp³-hybridized carbons (Fsp3) is 0.333. The van der Waals surface area contributed by atoms with Crippen molar-refractivity contribution in [1.29, 1.82) is 0 Å². The third-order valence-electron chi connectivity index (χ3n) is 7.07. The number of hydrogen-bond donors (Lipinski definition) is 1. The van der Waals surface area contributed by atoms with Crippen LogP contribution in [0.5, 0.6) is 0 Å². The Hall–Kier alpha value is -4.12. The highest BCUT2D eigenvalue weighted by Crippen LogP contribution is 2.20. The van der Waals surface area contributed by atoms with E-state index < -0.39 is 0 Å². The molecular weight excluding hydrogens is 584 g/mol. The minimum absolute atomic E-state index is 0.167. The standard InChI is InChI=1S/C15H18N4O.C12H15BrN2O.C3H4N2/c1-13(20)17-8-10-18(11-9-17)14-2-4-15(5-3-14)19-7-6-16-12-19;1-10(16)14-6-8-15(9-7-14)12-4-2-11(13)3-5-12;1-2-5-3-4-1/h2-7,12H,8-11H2,1H3;2-5H,6-9H2,1H3;1-3H,(H,4,5). The number of H-pyrrole nitrogens is 1. The molecule has 1 N–H and O–H groups in total. The quantitative estimate of drug-likeness (QED) is 0.371. The molecule has 4 aromatic rings. The maximum absolute atomic E-state index is 11.3. The zero-order valence-electron chi connectivity index (χ0n) is 23.6. The van der Waals surface area contributed by atoms with Crippen LogP contribution in [0.15, 0.2) is 90.4 Å². The number of imidazole rings is 2. The van der Waals surface area contributed by atoms with E-state index in [1.54, 1.807) is 45.1 Å². The molecule has 0 radical (unpaired) electrons. The highest BCUT2D eigenvalue weighted by Gasteiger charge is 2.19. The van der Waals surface area contributed by atoms with Crippen molar-refractivity contribution in [2.75, 3.05) is 62.2 Å². The first kappa shape index (κ1) is 29.9. The van der Waals surface area contributed by atoms with Gasteiger partial charge in [-0.05, 0) is 48.5 Å². The van der Waals surface area contributed by atoms with Gasteiger partial charge in [0.15, 0.2) is 0 Å². The number of benzene rings is 2. The van der Waals surface area contributed by atoms with Gasteiger partial charge in [-0.3, -0.25) is 9.59 Å². The number of aromatic nitrogens is 4.